The molecule has 1 aromatic heterocycles. The first-order valence-electron chi connectivity index (χ1n) is 6.82. The van der Waals surface area contributed by atoms with Crippen LogP contribution in [0, 0.1) is 5.92 Å². The molecule has 0 saturated carbocycles. The lowest BCUT2D eigenvalue weighted by molar-refractivity contribution is -0.149. The van der Waals surface area contributed by atoms with Crippen LogP contribution >= 0.6 is 0 Å². The van der Waals surface area contributed by atoms with Gasteiger partial charge in [0.2, 0.25) is 10.0 Å². The monoisotopic (exact) mass is 316 g/mol. The summed E-state index contributed by atoms with van der Waals surface area (Å²) in [5.74, 6) is -0.497. The number of carbonyl (C=O) groups is 1. The molecule has 1 aromatic rings. The summed E-state index contributed by atoms with van der Waals surface area (Å²) in [6, 6.07) is 0. The number of aryl methyl sites for hydroxylation is 1. The normalized spacial score (nSPS) is 17.8. The SMILES string of the molecule is CCOC(=O)C1CCN(S(=O)(=O)c2cn(C)nc2N)CC1. The van der Waals surface area contributed by atoms with Gasteiger partial charge in [0.1, 0.15) is 4.90 Å². The second-order valence-electron chi connectivity index (χ2n) is 4.98. The van der Waals surface area contributed by atoms with Gasteiger partial charge in [-0.25, -0.2) is 8.42 Å². The van der Waals surface area contributed by atoms with E-state index in [1.54, 1.807) is 14.0 Å². The average Bonchev–Trinajstić information content (AvgIpc) is 2.79. The van der Waals surface area contributed by atoms with Gasteiger partial charge in [-0.3, -0.25) is 9.48 Å². The first kappa shape index (κ1) is 15.8. The van der Waals surface area contributed by atoms with E-state index >= 15 is 0 Å². The number of esters is 1. The topological polar surface area (TPSA) is 108 Å². The van der Waals surface area contributed by atoms with Crippen molar-refractivity contribution in [3.05, 3.63) is 6.20 Å². The van der Waals surface area contributed by atoms with Gasteiger partial charge in [0.05, 0.1) is 12.5 Å². The maximum Gasteiger partial charge on any atom is 0.309 e. The third-order valence-corrected chi connectivity index (χ3v) is 5.43. The van der Waals surface area contributed by atoms with Crippen molar-refractivity contribution in [2.75, 3.05) is 25.4 Å². The Morgan fingerprint density at radius 1 is 1.48 bits per heavy atom. The molecule has 0 amide bonds. The van der Waals surface area contributed by atoms with Gasteiger partial charge in [0, 0.05) is 26.3 Å². The summed E-state index contributed by atoms with van der Waals surface area (Å²) in [5, 5.41) is 3.85. The summed E-state index contributed by atoms with van der Waals surface area (Å²) in [5.41, 5.74) is 5.64. The van der Waals surface area contributed by atoms with Crippen molar-refractivity contribution in [1.82, 2.24) is 14.1 Å². The number of hydrogen-bond acceptors (Lipinski definition) is 6. The molecular weight excluding hydrogens is 296 g/mol. The largest absolute Gasteiger partial charge is 0.466 e. The molecule has 21 heavy (non-hydrogen) atoms. The van der Waals surface area contributed by atoms with Crippen molar-refractivity contribution >= 4 is 21.8 Å². The number of sulfonamides is 1. The molecule has 8 nitrogen and oxygen atoms in total. The number of nitrogens with zero attached hydrogens (tertiary/aromatic N) is 3. The summed E-state index contributed by atoms with van der Waals surface area (Å²) in [4.78, 5) is 11.7. The molecule has 2 heterocycles. The standard InChI is InChI=1S/C12H20N4O4S/c1-3-20-12(17)9-4-6-16(7-5-9)21(18,19)10-8-15(2)14-11(10)13/h8-9H,3-7H2,1-2H3,(H2,13,14). The van der Waals surface area contributed by atoms with Crippen molar-refractivity contribution in [2.24, 2.45) is 13.0 Å². The van der Waals surface area contributed by atoms with Crippen LogP contribution in [-0.4, -0.2) is 48.2 Å². The van der Waals surface area contributed by atoms with Crippen LogP contribution in [0.15, 0.2) is 11.1 Å². The molecule has 1 aliphatic rings. The highest BCUT2D eigenvalue weighted by molar-refractivity contribution is 7.89. The molecule has 0 bridgehead atoms. The van der Waals surface area contributed by atoms with Crippen molar-refractivity contribution in [3.63, 3.8) is 0 Å². The Hall–Kier alpha value is -1.61. The molecule has 2 N–H and O–H groups in total. The van der Waals surface area contributed by atoms with E-state index in [2.05, 4.69) is 5.10 Å². The Bertz CT molecular complexity index is 617. The predicted molar refractivity (Wildman–Crippen MR) is 75.7 cm³/mol. The highest BCUT2D eigenvalue weighted by Crippen LogP contribution is 2.26. The molecule has 0 unspecified atom stereocenters. The molecule has 0 aromatic carbocycles. The Morgan fingerprint density at radius 3 is 2.57 bits per heavy atom. The second-order valence-corrected chi connectivity index (χ2v) is 6.89. The third-order valence-electron chi connectivity index (χ3n) is 3.51. The zero-order valence-electron chi connectivity index (χ0n) is 12.2. The van der Waals surface area contributed by atoms with E-state index in [-0.39, 0.29) is 35.7 Å². The first-order chi connectivity index (χ1) is 9.86. The Kier molecular flexibility index (Phi) is 4.52. The zero-order valence-corrected chi connectivity index (χ0v) is 13.0. The van der Waals surface area contributed by atoms with E-state index in [0.29, 0.717) is 19.4 Å². The van der Waals surface area contributed by atoms with Crippen LogP contribution in [0.1, 0.15) is 19.8 Å². The van der Waals surface area contributed by atoms with Gasteiger partial charge in [-0.2, -0.15) is 9.40 Å². The van der Waals surface area contributed by atoms with Crippen LogP contribution in [0.3, 0.4) is 0 Å². The predicted octanol–water partition coefficient (Wildman–Crippen LogP) is -0.0339. The number of rotatable bonds is 4. The van der Waals surface area contributed by atoms with Gasteiger partial charge in [0.15, 0.2) is 5.82 Å². The molecule has 2 rings (SSSR count). The van der Waals surface area contributed by atoms with E-state index < -0.39 is 10.0 Å². The van der Waals surface area contributed by atoms with E-state index in [0.717, 1.165) is 0 Å². The maximum atomic E-state index is 12.5. The Morgan fingerprint density at radius 2 is 2.10 bits per heavy atom. The van der Waals surface area contributed by atoms with Crippen LogP contribution in [0.2, 0.25) is 0 Å². The minimum Gasteiger partial charge on any atom is -0.466 e. The van der Waals surface area contributed by atoms with E-state index in [1.807, 2.05) is 0 Å². The van der Waals surface area contributed by atoms with Gasteiger partial charge in [-0.05, 0) is 19.8 Å². The molecule has 9 heteroatoms. The lowest BCUT2D eigenvalue weighted by atomic mass is 9.98. The van der Waals surface area contributed by atoms with Crippen LogP contribution in [0.25, 0.3) is 0 Å². The van der Waals surface area contributed by atoms with Crippen molar-refractivity contribution in [1.29, 1.82) is 0 Å². The number of ether oxygens (including phenoxy) is 1. The van der Waals surface area contributed by atoms with Crippen LogP contribution < -0.4 is 5.73 Å². The van der Waals surface area contributed by atoms with Crippen LogP contribution in [-0.2, 0) is 26.6 Å². The number of hydrogen-bond donors (Lipinski definition) is 1. The minimum atomic E-state index is -3.66. The van der Waals surface area contributed by atoms with Gasteiger partial charge in [-0.1, -0.05) is 0 Å². The summed E-state index contributed by atoms with van der Waals surface area (Å²) in [6.45, 7) is 2.65. The molecule has 0 radical (unpaired) electrons. The Labute approximate surface area is 123 Å². The average molecular weight is 316 g/mol. The summed E-state index contributed by atoms with van der Waals surface area (Å²) in [6.07, 6.45) is 2.30. The smallest absolute Gasteiger partial charge is 0.309 e. The van der Waals surface area contributed by atoms with Crippen molar-refractivity contribution in [2.45, 2.75) is 24.7 Å². The number of aromatic nitrogens is 2. The maximum absolute atomic E-state index is 12.5. The summed E-state index contributed by atoms with van der Waals surface area (Å²) in [7, 11) is -2.05. The van der Waals surface area contributed by atoms with Gasteiger partial charge < -0.3 is 10.5 Å². The number of piperidine rings is 1. The lowest BCUT2D eigenvalue weighted by Crippen LogP contribution is -2.40. The van der Waals surface area contributed by atoms with Gasteiger partial charge in [-0.15, -0.1) is 0 Å². The van der Waals surface area contributed by atoms with E-state index in [1.165, 1.54) is 15.2 Å². The molecule has 1 fully saturated rings. The number of nitrogens with two attached hydrogens (primary N) is 1. The summed E-state index contributed by atoms with van der Waals surface area (Å²) >= 11 is 0. The molecule has 118 valence electrons. The molecule has 0 aliphatic carbocycles. The first-order valence-corrected chi connectivity index (χ1v) is 8.26. The van der Waals surface area contributed by atoms with E-state index in [4.69, 9.17) is 10.5 Å². The molecule has 1 saturated heterocycles. The highest BCUT2D eigenvalue weighted by atomic mass is 32.2. The fourth-order valence-electron chi connectivity index (χ4n) is 2.41. The highest BCUT2D eigenvalue weighted by Gasteiger charge is 2.34. The quantitative estimate of drug-likeness (QED) is 0.781. The minimum absolute atomic E-state index is 0.00924. The van der Waals surface area contributed by atoms with Crippen LogP contribution in [0.4, 0.5) is 5.82 Å². The zero-order chi connectivity index (χ0) is 15.6. The second kappa shape index (κ2) is 6.02. The van der Waals surface area contributed by atoms with Gasteiger partial charge >= 0.3 is 5.97 Å². The molecule has 1 aliphatic heterocycles. The fourth-order valence-corrected chi connectivity index (χ4v) is 3.97. The molecule has 0 spiro atoms. The number of carbonyl (C=O) groups excluding carboxylic acids is 1. The number of anilines is 1. The van der Waals surface area contributed by atoms with Crippen molar-refractivity contribution < 1.29 is 17.9 Å². The molecular formula is C12H20N4O4S. The van der Waals surface area contributed by atoms with Gasteiger partial charge in [0.25, 0.3) is 0 Å². The van der Waals surface area contributed by atoms with Crippen LogP contribution in [0.5, 0.6) is 0 Å². The lowest BCUT2D eigenvalue weighted by Gasteiger charge is -2.29. The number of nitrogen functional groups attached to an aromatic ring is 1. The molecule has 0 atom stereocenters. The van der Waals surface area contributed by atoms with E-state index in [9.17, 15) is 13.2 Å². The third kappa shape index (κ3) is 3.18. The Balaban J connectivity index is 2.08. The fraction of sp³-hybridized carbons (Fsp3) is 0.667. The summed E-state index contributed by atoms with van der Waals surface area (Å²) < 4.78 is 32.7. The van der Waals surface area contributed by atoms with Crippen molar-refractivity contribution in [3.8, 4) is 0 Å².